The first-order valence-electron chi connectivity index (χ1n) is 9.38. The number of hydrazone groups is 1. The maximum atomic E-state index is 12.2. The number of carbonyl (C=O) groups excluding carboxylic acids is 1. The van der Waals surface area contributed by atoms with E-state index in [-0.39, 0.29) is 5.91 Å². The molecule has 1 aliphatic rings. The van der Waals surface area contributed by atoms with E-state index in [9.17, 15) is 4.79 Å². The van der Waals surface area contributed by atoms with E-state index in [1.165, 1.54) is 25.7 Å². The Morgan fingerprint density at radius 2 is 1.75 bits per heavy atom. The van der Waals surface area contributed by atoms with Crippen LogP contribution in [0.25, 0.3) is 0 Å². The molecule has 0 saturated heterocycles. The minimum atomic E-state index is -0.121. The van der Waals surface area contributed by atoms with Gasteiger partial charge in [-0.05, 0) is 69.7 Å². The van der Waals surface area contributed by atoms with Gasteiger partial charge in [0.05, 0.1) is 0 Å². The standard InChI is InChI=1S/C20H31N3O/c1-4-7-16-8-12-18(13-9-16)21-22-20(24)17-10-14-19(15-11-17)23(5-2)6-3/h10-11,14-16H,4-9,12-13H2,1-3H3,(H,22,24). The summed E-state index contributed by atoms with van der Waals surface area (Å²) < 4.78 is 0. The highest BCUT2D eigenvalue weighted by molar-refractivity contribution is 5.95. The first-order chi connectivity index (χ1) is 11.7. The molecule has 1 N–H and O–H groups in total. The monoisotopic (exact) mass is 329 g/mol. The van der Waals surface area contributed by atoms with Gasteiger partial charge in [-0.1, -0.05) is 19.8 Å². The van der Waals surface area contributed by atoms with Crippen molar-refractivity contribution in [2.75, 3.05) is 18.0 Å². The summed E-state index contributed by atoms with van der Waals surface area (Å²) in [5.41, 5.74) is 5.67. The van der Waals surface area contributed by atoms with Crippen LogP contribution < -0.4 is 10.3 Å². The van der Waals surface area contributed by atoms with Crippen LogP contribution in [-0.4, -0.2) is 24.7 Å². The molecule has 4 nitrogen and oxygen atoms in total. The van der Waals surface area contributed by atoms with Gasteiger partial charge in [-0.2, -0.15) is 5.10 Å². The van der Waals surface area contributed by atoms with Crippen LogP contribution in [0.15, 0.2) is 29.4 Å². The number of benzene rings is 1. The molecule has 0 atom stereocenters. The van der Waals surface area contributed by atoms with Gasteiger partial charge in [-0.15, -0.1) is 0 Å². The molecule has 0 aromatic heterocycles. The van der Waals surface area contributed by atoms with Gasteiger partial charge in [0, 0.05) is 30.1 Å². The number of nitrogens with one attached hydrogen (secondary N) is 1. The summed E-state index contributed by atoms with van der Waals surface area (Å²) in [4.78, 5) is 14.5. The molecule has 0 spiro atoms. The second-order valence-corrected chi connectivity index (χ2v) is 6.57. The maximum Gasteiger partial charge on any atom is 0.271 e. The average Bonchev–Trinajstić information content (AvgIpc) is 2.63. The van der Waals surface area contributed by atoms with E-state index in [4.69, 9.17) is 0 Å². The fraction of sp³-hybridized carbons (Fsp3) is 0.600. The van der Waals surface area contributed by atoms with Crippen molar-refractivity contribution in [3.8, 4) is 0 Å². The molecule has 0 unspecified atom stereocenters. The van der Waals surface area contributed by atoms with Gasteiger partial charge in [0.25, 0.3) is 5.91 Å². The minimum absolute atomic E-state index is 0.121. The molecule has 1 aliphatic carbocycles. The number of rotatable bonds is 7. The van der Waals surface area contributed by atoms with Crippen molar-refractivity contribution in [3.63, 3.8) is 0 Å². The molecule has 1 fully saturated rings. The predicted octanol–water partition coefficient (Wildman–Crippen LogP) is 4.61. The Kier molecular flexibility index (Phi) is 7.29. The highest BCUT2D eigenvalue weighted by atomic mass is 16.2. The third-order valence-electron chi connectivity index (χ3n) is 4.95. The van der Waals surface area contributed by atoms with Crippen molar-refractivity contribution < 1.29 is 4.79 Å². The van der Waals surface area contributed by atoms with Crippen LogP contribution in [0, 0.1) is 5.92 Å². The molecule has 1 aromatic rings. The molecule has 0 heterocycles. The molecular formula is C20H31N3O. The van der Waals surface area contributed by atoms with Gasteiger partial charge < -0.3 is 4.90 Å². The van der Waals surface area contributed by atoms with E-state index < -0.39 is 0 Å². The summed E-state index contributed by atoms with van der Waals surface area (Å²) in [5.74, 6) is 0.724. The minimum Gasteiger partial charge on any atom is -0.372 e. The Hall–Kier alpha value is -1.84. The second kappa shape index (κ2) is 9.45. The van der Waals surface area contributed by atoms with Crippen LogP contribution in [0.5, 0.6) is 0 Å². The molecule has 1 saturated carbocycles. The smallest absolute Gasteiger partial charge is 0.271 e. The summed E-state index contributed by atoms with van der Waals surface area (Å²) in [6.07, 6.45) is 7.04. The van der Waals surface area contributed by atoms with Gasteiger partial charge >= 0.3 is 0 Å². The fourth-order valence-electron chi connectivity index (χ4n) is 3.43. The molecule has 24 heavy (non-hydrogen) atoms. The van der Waals surface area contributed by atoms with Crippen molar-refractivity contribution >= 4 is 17.3 Å². The zero-order valence-corrected chi connectivity index (χ0v) is 15.3. The predicted molar refractivity (Wildman–Crippen MR) is 102 cm³/mol. The molecular weight excluding hydrogens is 298 g/mol. The van der Waals surface area contributed by atoms with Crippen LogP contribution >= 0.6 is 0 Å². The summed E-state index contributed by atoms with van der Waals surface area (Å²) in [6.45, 7) is 8.45. The number of amides is 1. The van der Waals surface area contributed by atoms with Crippen LogP contribution in [-0.2, 0) is 0 Å². The first-order valence-corrected chi connectivity index (χ1v) is 9.38. The van der Waals surface area contributed by atoms with Crippen molar-refractivity contribution in [3.05, 3.63) is 29.8 Å². The third-order valence-corrected chi connectivity index (χ3v) is 4.95. The van der Waals surface area contributed by atoms with Gasteiger partial charge in [-0.3, -0.25) is 4.79 Å². The van der Waals surface area contributed by atoms with Crippen molar-refractivity contribution in [1.82, 2.24) is 5.43 Å². The van der Waals surface area contributed by atoms with E-state index in [1.807, 2.05) is 24.3 Å². The number of anilines is 1. The topological polar surface area (TPSA) is 44.7 Å². The quantitative estimate of drug-likeness (QED) is 0.743. The Balaban J connectivity index is 1.87. The number of hydrogen-bond acceptors (Lipinski definition) is 3. The Morgan fingerprint density at radius 3 is 2.29 bits per heavy atom. The molecule has 2 rings (SSSR count). The lowest BCUT2D eigenvalue weighted by atomic mass is 9.85. The highest BCUT2D eigenvalue weighted by Crippen LogP contribution is 2.25. The van der Waals surface area contributed by atoms with E-state index in [2.05, 4.69) is 36.2 Å². The Labute approximate surface area is 146 Å². The van der Waals surface area contributed by atoms with Gasteiger partial charge in [-0.25, -0.2) is 5.43 Å². The zero-order chi connectivity index (χ0) is 17.4. The maximum absolute atomic E-state index is 12.2. The number of hydrogen-bond donors (Lipinski definition) is 1. The zero-order valence-electron chi connectivity index (χ0n) is 15.3. The summed E-state index contributed by atoms with van der Waals surface area (Å²) in [5, 5.41) is 4.35. The Bertz CT molecular complexity index is 537. The lowest BCUT2D eigenvalue weighted by Crippen LogP contribution is -2.23. The van der Waals surface area contributed by atoms with E-state index in [0.29, 0.717) is 5.56 Å². The van der Waals surface area contributed by atoms with E-state index >= 15 is 0 Å². The van der Waals surface area contributed by atoms with Gasteiger partial charge in [0.2, 0.25) is 0 Å². The van der Waals surface area contributed by atoms with Gasteiger partial charge in [0.1, 0.15) is 0 Å². The van der Waals surface area contributed by atoms with Crippen LogP contribution in [0.4, 0.5) is 5.69 Å². The lowest BCUT2D eigenvalue weighted by molar-refractivity contribution is 0.0954. The van der Waals surface area contributed by atoms with Crippen molar-refractivity contribution in [1.29, 1.82) is 0 Å². The molecule has 1 amide bonds. The normalized spacial score (nSPS) is 17.5. The molecule has 0 radical (unpaired) electrons. The van der Waals surface area contributed by atoms with Crippen LogP contribution in [0.3, 0.4) is 0 Å². The molecule has 4 heteroatoms. The summed E-state index contributed by atoms with van der Waals surface area (Å²) >= 11 is 0. The highest BCUT2D eigenvalue weighted by Gasteiger charge is 2.17. The summed E-state index contributed by atoms with van der Waals surface area (Å²) in [6, 6.07) is 7.76. The second-order valence-electron chi connectivity index (χ2n) is 6.57. The third kappa shape index (κ3) is 5.08. The van der Waals surface area contributed by atoms with Gasteiger partial charge in [0.15, 0.2) is 0 Å². The van der Waals surface area contributed by atoms with E-state index in [0.717, 1.165) is 43.2 Å². The first kappa shape index (κ1) is 18.5. The van der Waals surface area contributed by atoms with E-state index in [1.54, 1.807) is 0 Å². The average molecular weight is 329 g/mol. The molecule has 0 bridgehead atoms. The SMILES string of the molecule is CCCC1CCC(=NNC(=O)c2ccc(N(CC)CC)cc2)CC1. The molecule has 1 aromatic carbocycles. The number of carbonyl (C=O) groups is 1. The molecule has 132 valence electrons. The van der Waals surface area contributed by atoms with Crippen molar-refractivity contribution in [2.24, 2.45) is 11.0 Å². The summed E-state index contributed by atoms with van der Waals surface area (Å²) in [7, 11) is 0. The lowest BCUT2D eigenvalue weighted by Gasteiger charge is -2.22. The van der Waals surface area contributed by atoms with Crippen molar-refractivity contribution in [2.45, 2.75) is 59.3 Å². The van der Waals surface area contributed by atoms with Crippen LogP contribution in [0.2, 0.25) is 0 Å². The fourth-order valence-corrected chi connectivity index (χ4v) is 3.43. The van der Waals surface area contributed by atoms with Crippen LogP contribution in [0.1, 0.15) is 69.7 Å². The molecule has 0 aliphatic heterocycles. The Morgan fingerprint density at radius 1 is 1.12 bits per heavy atom. The largest absolute Gasteiger partial charge is 0.372 e. The number of nitrogens with zero attached hydrogens (tertiary/aromatic N) is 2.